The number of halogens is 3. The Morgan fingerprint density at radius 1 is 1.11 bits per heavy atom. The van der Waals surface area contributed by atoms with Crippen LogP contribution in [0, 0.1) is 5.82 Å². The lowest BCUT2D eigenvalue weighted by molar-refractivity contribution is 0.226. The molecule has 0 aliphatic heterocycles. The largest absolute Gasteiger partial charge is 0.486 e. The van der Waals surface area contributed by atoms with E-state index in [0.29, 0.717) is 22.0 Å². The standard InChI is InChI=1S/C14H12Cl2FNO/c1-8(19-10-4-2-9(18)3-5-10)13-11(15)6-7-12(17)14(13)16/h2-8H,18H2,1H3. The number of ether oxygens (including phenoxy) is 1. The molecule has 2 nitrogen and oxygen atoms in total. The Bertz CT molecular complexity index is 587. The summed E-state index contributed by atoms with van der Waals surface area (Å²) >= 11 is 12.0. The predicted octanol–water partition coefficient (Wildman–Crippen LogP) is 4.85. The molecule has 0 aliphatic carbocycles. The Morgan fingerprint density at radius 3 is 2.37 bits per heavy atom. The molecular formula is C14H12Cl2FNO. The van der Waals surface area contributed by atoms with Gasteiger partial charge in [0.15, 0.2) is 0 Å². The monoisotopic (exact) mass is 299 g/mol. The molecule has 5 heteroatoms. The van der Waals surface area contributed by atoms with Crippen LogP contribution in [0.4, 0.5) is 10.1 Å². The number of anilines is 1. The van der Waals surface area contributed by atoms with E-state index in [2.05, 4.69) is 0 Å². The maximum Gasteiger partial charge on any atom is 0.142 e. The molecule has 2 aromatic rings. The highest BCUT2D eigenvalue weighted by molar-refractivity contribution is 6.36. The molecule has 0 spiro atoms. The van der Waals surface area contributed by atoms with Crippen molar-refractivity contribution < 1.29 is 9.13 Å². The molecule has 1 unspecified atom stereocenters. The summed E-state index contributed by atoms with van der Waals surface area (Å²) in [5, 5.41) is 0.352. The van der Waals surface area contributed by atoms with Gasteiger partial charge in [-0.05, 0) is 43.3 Å². The summed E-state index contributed by atoms with van der Waals surface area (Å²) in [5.74, 6) is 0.0897. The minimum atomic E-state index is -0.520. The molecule has 0 radical (unpaired) electrons. The van der Waals surface area contributed by atoms with Crippen molar-refractivity contribution in [3.05, 3.63) is 57.8 Å². The number of benzene rings is 2. The van der Waals surface area contributed by atoms with Gasteiger partial charge in [0.1, 0.15) is 17.7 Å². The number of nitrogen functional groups attached to an aromatic ring is 1. The van der Waals surface area contributed by atoms with Gasteiger partial charge in [0.05, 0.1) is 5.02 Å². The smallest absolute Gasteiger partial charge is 0.142 e. The van der Waals surface area contributed by atoms with Crippen molar-refractivity contribution >= 4 is 28.9 Å². The van der Waals surface area contributed by atoms with Crippen molar-refractivity contribution in [2.45, 2.75) is 13.0 Å². The van der Waals surface area contributed by atoms with Gasteiger partial charge in [-0.15, -0.1) is 0 Å². The van der Waals surface area contributed by atoms with E-state index in [1.54, 1.807) is 31.2 Å². The highest BCUT2D eigenvalue weighted by Crippen LogP contribution is 2.34. The van der Waals surface area contributed by atoms with E-state index in [4.69, 9.17) is 33.7 Å². The lowest BCUT2D eigenvalue weighted by atomic mass is 10.1. The van der Waals surface area contributed by atoms with Gasteiger partial charge in [-0.25, -0.2) is 4.39 Å². The van der Waals surface area contributed by atoms with Gasteiger partial charge in [-0.1, -0.05) is 23.2 Å². The second kappa shape index (κ2) is 5.68. The van der Waals surface area contributed by atoms with Crippen LogP contribution in [0.1, 0.15) is 18.6 Å². The van der Waals surface area contributed by atoms with E-state index in [1.807, 2.05) is 0 Å². The first kappa shape index (κ1) is 14.0. The molecule has 2 rings (SSSR count). The third kappa shape index (κ3) is 3.11. The van der Waals surface area contributed by atoms with Crippen LogP contribution in [-0.2, 0) is 0 Å². The van der Waals surface area contributed by atoms with E-state index in [0.717, 1.165) is 0 Å². The predicted molar refractivity (Wildman–Crippen MR) is 76.3 cm³/mol. The average molecular weight is 300 g/mol. The minimum Gasteiger partial charge on any atom is -0.486 e. The summed E-state index contributed by atoms with van der Waals surface area (Å²) in [7, 11) is 0. The lowest BCUT2D eigenvalue weighted by Gasteiger charge is -2.18. The maximum atomic E-state index is 13.4. The quantitative estimate of drug-likeness (QED) is 0.649. The van der Waals surface area contributed by atoms with Crippen LogP contribution in [0.2, 0.25) is 10.0 Å². The number of nitrogens with two attached hydrogens (primary N) is 1. The Labute approximate surface area is 120 Å². The van der Waals surface area contributed by atoms with Crippen molar-refractivity contribution in [3.8, 4) is 5.75 Å². The lowest BCUT2D eigenvalue weighted by Crippen LogP contribution is -2.05. The van der Waals surface area contributed by atoms with E-state index in [9.17, 15) is 4.39 Å². The van der Waals surface area contributed by atoms with Crippen LogP contribution < -0.4 is 10.5 Å². The summed E-state index contributed by atoms with van der Waals surface area (Å²) < 4.78 is 19.1. The topological polar surface area (TPSA) is 35.2 Å². The van der Waals surface area contributed by atoms with Crippen molar-refractivity contribution in [2.24, 2.45) is 0 Å². The van der Waals surface area contributed by atoms with Crippen LogP contribution in [0.5, 0.6) is 5.75 Å². The normalized spacial score (nSPS) is 12.2. The van der Waals surface area contributed by atoms with Gasteiger partial charge < -0.3 is 10.5 Å². The zero-order valence-corrected chi connectivity index (χ0v) is 11.7. The molecule has 0 fully saturated rings. The fourth-order valence-corrected chi connectivity index (χ4v) is 2.40. The summed E-state index contributed by atoms with van der Waals surface area (Å²) in [6.07, 6.45) is -0.473. The molecule has 0 heterocycles. The van der Waals surface area contributed by atoms with Gasteiger partial charge in [-0.2, -0.15) is 0 Å². The first-order valence-electron chi connectivity index (χ1n) is 5.64. The van der Waals surface area contributed by atoms with Gasteiger partial charge >= 0.3 is 0 Å². The molecule has 0 aliphatic rings. The van der Waals surface area contributed by atoms with E-state index in [1.165, 1.54) is 12.1 Å². The first-order valence-corrected chi connectivity index (χ1v) is 6.40. The number of hydrogen-bond acceptors (Lipinski definition) is 2. The van der Waals surface area contributed by atoms with Crippen molar-refractivity contribution in [3.63, 3.8) is 0 Å². The van der Waals surface area contributed by atoms with E-state index >= 15 is 0 Å². The summed E-state index contributed by atoms with van der Waals surface area (Å²) in [5.41, 5.74) is 6.66. The summed E-state index contributed by atoms with van der Waals surface area (Å²) in [6, 6.07) is 9.58. The Morgan fingerprint density at radius 2 is 1.74 bits per heavy atom. The Balaban J connectivity index is 2.27. The molecular weight excluding hydrogens is 288 g/mol. The number of rotatable bonds is 3. The fourth-order valence-electron chi connectivity index (χ4n) is 1.72. The fraction of sp³-hybridized carbons (Fsp3) is 0.143. The second-order valence-electron chi connectivity index (χ2n) is 4.09. The van der Waals surface area contributed by atoms with Crippen LogP contribution in [0.25, 0.3) is 0 Å². The zero-order chi connectivity index (χ0) is 14.0. The molecule has 2 aromatic carbocycles. The molecule has 0 bridgehead atoms. The summed E-state index contributed by atoms with van der Waals surface area (Å²) in [4.78, 5) is 0. The van der Waals surface area contributed by atoms with Gasteiger partial charge in [0.25, 0.3) is 0 Å². The third-order valence-corrected chi connectivity index (χ3v) is 3.39. The van der Waals surface area contributed by atoms with Crippen LogP contribution in [0.3, 0.4) is 0 Å². The van der Waals surface area contributed by atoms with Crippen LogP contribution in [0.15, 0.2) is 36.4 Å². The van der Waals surface area contributed by atoms with E-state index < -0.39 is 11.9 Å². The maximum absolute atomic E-state index is 13.4. The highest BCUT2D eigenvalue weighted by atomic mass is 35.5. The minimum absolute atomic E-state index is 0.0181. The molecule has 19 heavy (non-hydrogen) atoms. The molecule has 0 aromatic heterocycles. The first-order chi connectivity index (χ1) is 8.99. The van der Waals surface area contributed by atoms with Crippen molar-refractivity contribution in [1.82, 2.24) is 0 Å². The summed E-state index contributed by atoms with van der Waals surface area (Å²) in [6.45, 7) is 1.75. The Hall–Kier alpha value is -1.45. The molecule has 1 atom stereocenters. The van der Waals surface area contributed by atoms with Crippen molar-refractivity contribution in [2.75, 3.05) is 5.73 Å². The average Bonchev–Trinajstić information content (AvgIpc) is 2.37. The number of hydrogen-bond donors (Lipinski definition) is 1. The van der Waals surface area contributed by atoms with Crippen molar-refractivity contribution in [1.29, 1.82) is 0 Å². The molecule has 0 saturated carbocycles. The molecule has 0 amide bonds. The van der Waals surface area contributed by atoms with Crippen LogP contribution in [-0.4, -0.2) is 0 Å². The van der Waals surface area contributed by atoms with Gasteiger partial charge in [0, 0.05) is 16.3 Å². The van der Waals surface area contributed by atoms with E-state index in [-0.39, 0.29) is 5.02 Å². The SMILES string of the molecule is CC(Oc1ccc(N)cc1)c1c(Cl)ccc(F)c1Cl. The van der Waals surface area contributed by atoms with Gasteiger partial charge in [0.2, 0.25) is 0 Å². The van der Waals surface area contributed by atoms with Gasteiger partial charge in [-0.3, -0.25) is 0 Å². The third-order valence-electron chi connectivity index (χ3n) is 2.68. The molecule has 0 saturated heterocycles. The zero-order valence-electron chi connectivity index (χ0n) is 10.2. The second-order valence-corrected chi connectivity index (χ2v) is 4.87. The molecule has 100 valence electrons. The molecule has 2 N–H and O–H groups in total. The highest BCUT2D eigenvalue weighted by Gasteiger charge is 2.18. The van der Waals surface area contributed by atoms with Crippen LogP contribution >= 0.6 is 23.2 Å². The Kier molecular flexibility index (Phi) is 4.17.